The minimum absolute atomic E-state index is 0.0340. The summed E-state index contributed by atoms with van der Waals surface area (Å²) >= 11 is 0. The first kappa shape index (κ1) is 12.7. The fourth-order valence-corrected chi connectivity index (χ4v) is 1.32. The number of aliphatic hydroxyl groups is 1. The summed E-state index contributed by atoms with van der Waals surface area (Å²) in [4.78, 5) is 0. The third-order valence-corrected chi connectivity index (χ3v) is 2.30. The van der Waals surface area contributed by atoms with Crippen molar-refractivity contribution in [1.82, 2.24) is 0 Å². The van der Waals surface area contributed by atoms with Gasteiger partial charge in [0.2, 0.25) is 0 Å². The number of hydrogen-bond acceptors (Lipinski definition) is 2. The number of ether oxygens (including phenoxy) is 1. The third-order valence-electron chi connectivity index (χ3n) is 2.30. The lowest BCUT2D eigenvalue weighted by atomic mass is 10.0. The molecule has 0 amide bonds. The Morgan fingerprint density at radius 1 is 1.46 bits per heavy atom. The van der Waals surface area contributed by atoms with Crippen molar-refractivity contribution in [2.24, 2.45) is 0 Å². The van der Waals surface area contributed by atoms with E-state index in [0.717, 1.165) is 24.8 Å². The summed E-state index contributed by atoms with van der Waals surface area (Å²) in [5.41, 5.74) is 1.09. The van der Waals surface area contributed by atoms with Crippen molar-refractivity contribution in [1.29, 1.82) is 0 Å². The highest BCUT2D eigenvalue weighted by molar-refractivity contribution is 4.96. The smallest absolute Gasteiger partial charge is 0.0838 e. The fraction of sp³-hybridized carbons (Fsp3) is 0.818. The van der Waals surface area contributed by atoms with Crippen LogP contribution in [0, 0.1) is 0 Å². The molecule has 0 aromatic rings. The molecule has 13 heavy (non-hydrogen) atoms. The van der Waals surface area contributed by atoms with Crippen LogP contribution in [-0.2, 0) is 4.74 Å². The molecule has 1 N–H and O–H groups in total. The highest BCUT2D eigenvalue weighted by atomic mass is 16.5. The lowest BCUT2D eigenvalue weighted by Gasteiger charge is -2.21. The Morgan fingerprint density at radius 3 is 2.46 bits per heavy atom. The van der Waals surface area contributed by atoms with Gasteiger partial charge in [-0.1, -0.05) is 32.4 Å². The van der Waals surface area contributed by atoms with Crippen molar-refractivity contribution in [3.63, 3.8) is 0 Å². The van der Waals surface area contributed by atoms with Crippen molar-refractivity contribution in [2.45, 2.75) is 51.7 Å². The molecule has 78 valence electrons. The average molecular weight is 186 g/mol. The normalized spacial score (nSPS) is 15.4. The van der Waals surface area contributed by atoms with E-state index in [1.807, 2.05) is 0 Å². The minimum Gasteiger partial charge on any atom is -0.390 e. The standard InChI is InChI=1S/C11H22O2/c1-5-7-11(13-4)10(12)8-9(3)6-2/h10-12H,3,5-8H2,1-2,4H3. The molecule has 0 saturated heterocycles. The number of methoxy groups -OCH3 is 1. The molecule has 0 aliphatic rings. The van der Waals surface area contributed by atoms with E-state index in [-0.39, 0.29) is 6.10 Å². The SMILES string of the molecule is C=C(CC)CC(O)C(CCC)OC. The second-order valence-corrected chi connectivity index (χ2v) is 3.44. The van der Waals surface area contributed by atoms with Crippen LogP contribution in [0.4, 0.5) is 0 Å². The molecular weight excluding hydrogens is 164 g/mol. The summed E-state index contributed by atoms with van der Waals surface area (Å²) in [5.74, 6) is 0. The highest BCUT2D eigenvalue weighted by Gasteiger charge is 2.17. The number of aliphatic hydroxyl groups excluding tert-OH is 1. The van der Waals surface area contributed by atoms with Gasteiger partial charge >= 0.3 is 0 Å². The maximum atomic E-state index is 9.76. The molecule has 0 heterocycles. The van der Waals surface area contributed by atoms with Gasteiger partial charge in [0.1, 0.15) is 0 Å². The summed E-state index contributed by atoms with van der Waals surface area (Å²) in [6.07, 6.45) is 3.11. The molecule has 2 atom stereocenters. The zero-order valence-electron chi connectivity index (χ0n) is 9.05. The van der Waals surface area contributed by atoms with Gasteiger partial charge in [0, 0.05) is 7.11 Å². The minimum atomic E-state index is -0.391. The molecule has 0 radical (unpaired) electrons. The van der Waals surface area contributed by atoms with Crippen LogP contribution < -0.4 is 0 Å². The van der Waals surface area contributed by atoms with Crippen molar-refractivity contribution in [2.75, 3.05) is 7.11 Å². The molecule has 0 aromatic heterocycles. The van der Waals surface area contributed by atoms with Gasteiger partial charge < -0.3 is 9.84 Å². The summed E-state index contributed by atoms with van der Waals surface area (Å²) in [6, 6.07) is 0. The Hall–Kier alpha value is -0.340. The van der Waals surface area contributed by atoms with Crippen molar-refractivity contribution in [3.05, 3.63) is 12.2 Å². The lowest BCUT2D eigenvalue weighted by Crippen LogP contribution is -2.28. The quantitative estimate of drug-likeness (QED) is 0.619. The summed E-state index contributed by atoms with van der Waals surface area (Å²) < 4.78 is 5.21. The van der Waals surface area contributed by atoms with Gasteiger partial charge in [-0.15, -0.1) is 0 Å². The maximum absolute atomic E-state index is 9.76. The second-order valence-electron chi connectivity index (χ2n) is 3.44. The largest absolute Gasteiger partial charge is 0.390 e. The van der Waals surface area contributed by atoms with E-state index in [1.165, 1.54) is 0 Å². The van der Waals surface area contributed by atoms with Crippen LogP contribution in [0.3, 0.4) is 0 Å². The van der Waals surface area contributed by atoms with Gasteiger partial charge in [-0.25, -0.2) is 0 Å². The molecule has 0 aromatic carbocycles. The third kappa shape index (κ3) is 5.06. The van der Waals surface area contributed by atoms with Crippen LogP contribution >= 0.6 is 0 Å². The van der Waals surface area contributed by atoms with Crippen molar-refractivity contribution >= 4 is 0 Å². The van der Waals surface area contributed by atoms with Crippen LogP contribution in [-0.4, -0.2) is 24.4 Å². The topological polar surface area (TPSA) is 29.5 Å². The van der Waals surface area contributed by atoms with E-state index in [4.69, 9.17) is 4.74 Å². The fourth-order valence-electron chi connectivity index (χ4n) is 1.32. The van der Waals surface area contributed by atoms with Crippen LogP contribution in [0.15, 0.2) is 12.2 Å². The van der Waals surface area contributed by atoms with E-state index in [2.05, 4.69) is 20.4 Å². The van der Waals surface area contributed by atoms with Gasteiger partial charge in [0.15, 0.2) is 0 Å². The molecule has 0 fully saturated rings. The highest BCUT2D eigenvalue weighted by Crippen LogP contribution is 2.14. The van der Waals surface area contributed by atoms with E-state index in [9.17, 15) is 5.11 Å². The molecule has 0 aliphatic carbocycles. The van der Waals surface area contributed by atoms with Gasteiger partial charge in [0.05, 0.1) is 12.2 Å². The van der Waals surface area contributed by atoms with Gasteiger partial charge in [-0.3, -0.25) is 0 Å². The first-order chi connectivity index (χ1) is 6.15. The molecule has 0 bridgehead atoms. The lowest BCUT2D eigenvalue weighted by molar-refractivity contribution is -0.0161. The van der Waals surface area contributed by atoms with E-state index in [1.54, 1.807) is 7.11 Å². The predicted molar refractivity (Wildman–Crippen MR) is 55.8 cm³/mol. The second kappa shape index (κ2) is 7.10. The van der Waals surface area contributed by atoms with Crippen LogP contribution in [0.1, 0.15) is 39.5 Å². The molecule has 2 unspecified atom stereocenters. The molecule has 0 aliphatic heterocycles. The first-order valence-corrected chi connectivity index (χ1v) is 5.03. The van der Waals surface area contributed by atoms with E-state index < -0.39 is 6.10 Å². The Morgan fingerprint density at radius 2 is 2.08 bits per heavy atom. The monoisotopic (exact) mass is 186 g/mol. The van der Waals surface area contributed by atoms with Crippen LogP contribution in [0.25, 0.3) is 0 Å². The molecule has 2 nitrogen and oxygen atoms in total. The Bertz CT molecular complexity index is 143. The van der Waals surface area contributed by atoms with Crippen LogP contribution in [0.5, 0.6) is 0 Å². The average Bonchev–Trinajstić information content (AvgIpc) is 2.13. The zero-order valence-corrected chi connectivity index (χ0v) is 9.05. The summed E-state index contributed by atoms with van der Waals surface area (Å²) in [5, 5.41) is 9.76. The molecule has 0 spiro atoms. The molecular formula is C11H22O2. The maximum Gasteiger partial charge on any atom is 0.0838 e. The zero-order chi connectivity index (χ0) is 10.3. The molecule has 2 heteroatoms. The Kier molecular flexibility index (Phi) is 6.92. The summed E-state index contributed by atoms with van der Waals surface area (Å²) in [7, 11) is 1.65. The molecule has 0 rings (SSSR count). The van der Waals surface area contributed by atoms with E-state index in [0.29, 0.717) is 6.42 Å². The van der Waals surface area contributed by atoms with Gasteiger partial charge in [0.25, 0.3) is 0 Å². The van der Waals surface area contributed by atoms with Gasteiger partial charge in [-0.05, 0) is 19.3 Å². The Labute approximate surface area is 81.6 Å². The van der Waals surface area contributed by atoms with Crippen LogP contribution in [0.2, 0.25) is 0 Å². The Balaban J connectivity index is 3.89. The number of rotatable bonds is 7. The van der Waals surface area contributed by atoms with Gasteiger partial charge in [-0.2, -0.15) is 0 Å². The number of hydrogen-bond donors (Lipinski definition) is 1. The van der Waals surface area contributed by atoms with Crippen molar-refractivity contribution < 1.29 is 9.84 Å². The first-order valence-electron chi connectivity index (χ1n) is 5.03. The van der Waals surface area contributed by atoms with Crippen molar-refractivity contribution in [3.8, 4) is 0 Å². The molecule has 0 saturated carbocycles. The predicted octanol–water partition coefficient (Wildman–Crippen LogP) is 2.52. The summed E-state index contributed by atoms with van der Waals surface area (Å²) in [6.45, 7) is 8.02. The van der Waals surface area contributed by atoms with E-state index >= 15 is 0 Å².